The Morgan fingerprint density at radius 3 is 2.44 bits per heavy atom. The van der Waals surface area contributed by atoms with Gasteiger partial charge in [-0.25, -0.2) is 4.79 Å². The maximum absolute atomic E-state index is 12.2. The van der Waals surface area contributed by atoms with Crippen LogP contribution in [0, 0.1) is 0 Å². The molecule has 5 heteroatoms. The molecule has 1 fully saturated rings. The minimum absolute atomic E-state index is 0.167. The van der Waals surface area contributed by atoms with Crippen LogP contribution in [0.1, 0.15) is 80.3 Å². The van der Waals surface area contributed by atoms with E-state index in [1.165, 1.54) is 67.0 Å². The van der Waals surface area contributed by atoms with Crippen LogP contribution >= 0.6 is 0 Å². The van der Waals surface area contributed by atoms with Crippen LogP contribution in [-0.4, -0.2) is 26.4 Å². The summed E-state index contributed by atoms with van der Waals surface area (Å²) in [6.07, 6.45) is 6.28. The third kappa shape index (κ3) is 4.87. The van der Waals surface area contributed by atoms with Crippen molar-refractivity contribution in [2.24, 2.45) is 0 Å². The van der Waals surface area contributed by atoms with Gasteiger partial charge in [0.25, 0.3) is 0 Å². The monoisotopic (exact) mass is 477 g/mol. The molecule has 1 aliphatic carbocycles. The number of rotatable bonds is 6. The standard InChI is InChI=1S/C29H39NO3Si/c1-29(2,3)34(5,6)33-19-22-14-10-11-15-23(22)27-26(20-12-8-7-9-13-20)24-17-16-21(28(31)32-4)18-25(24)30-27/h10-11,14-18,20,30H,7-9,12-13,19H2,1-6H3. The molecule has 0 radical (unpaired) electrons. The van der Waals surface area contributed by atoms with Crippen molar-refractivity contribution in [1.29, 1.82) is 0 Å². The first-order valence-electron chi connectivity index (χ1n) is 12.6. The maximum Gasteiger partial charge on any atom is 0.337 e. The fourth-order valence-electron chi connectivity index (χ4n) is 4.86. The summed E-state index contributed by atoms with van der Waals surface area (Å²) in [6.45, 7) is 12.1. The van der Waals surface area contributed by atoms with Gasteiger partial charge in [0.1, 0.15) is 0 Å². The fraction of sp³-hybridized carbons (Fsp3) is 0.483. The molecule has 0 amide bonds. The number of hydrogen-bond donors (Lipinski definition) is 1. The molecule has 3 aromatic rings. The average Bonchev–Trinajstić information content (AvgIpc) is 3.21. The van der Waals surface area contributed by atoms with Gasteiger partial charge in [0, 0.05) is 16.5 Å². The number of H-pyrrole nitrogens is 1. The van der Waals surface area contributed by atoms with Crippen LogP contribution < -0.4 is 0 Å². The number of carbonyl (C=O) groups is 1. The summed E-state index contributed by atoms with van der Waals surface area (Å²) >= 11 is 0. The van der Waals surface area contributed by atoms with E-state index in [1.54, 1.807) is 0 Å². The summed E-state index contributed by atoms with van der Waals surface area (Å²) in [6, 6.07) is 14.5. The van der Waals surface area contributed by atoms with Crippen molar-refractivity contribution in [3.05, 3.63) is 59.2 Å². The van der Waals surface area contributed by atoms with Crippen LogP contribution in [0.3, 0.4) is 0 Å². The van der Waals surface area contributed by atoms with Gasteiger partial charge < -0.3 is 14.1 Å². The summed E-state index contributed by atoms with van der Waals surface area (Å²) < 4.78 is 11.6. The number of nitrogens with one attached hydrogen (secondary N) is 1. The van der Waals surface area contributed by atoms with Crippen molar-refractivity contribution in [3.63, 3.8) is 0 Å². The molecule has 182 valence electrons. The molecular formula is C29H39NO3Si. The van der Waals surface area contributed by atoms with E-state index in [0.29, 0.717) is 18.1 Å². The van der Waals surface area contributed by atoms with Crippen molar-refractivity contribution in [2.45, 2.75) is 83.5 Å². The van der Waals surface area contributed by atoms with E-state index in [0.717, 1.165) is 5.52 Å². The van der Waals surface area contributed by atoms with Gasteiger partial charge in [0.05, 0.1) is 25.0 Å². The average molecular weight is 478 g/mol. The lowest BCUT2D eigenvalue weighted by Gasteiger charge is -2.36. The Kier molecular flexibility index (Phi) is 7.06. The van der Waals surface area contributed by atoms with Gasteiger partial charge in [0.15, 0.2) is 8.32 Å². The number of aromatic nitrogens is 1. The molecule has 0 aliphatic heterocycles. The van der Waals surface area contributed by atoms with E-state index in [2.05, 4.69) is 69.2 Å². The van der Waals surface area contributed by atoms with Gasteiger partial charge in [-0.2, -0.15) is 0 Å². The molecule has 1 heterocycles. The second kappa shape index (κ2) is 9.71. The van der Waals surface area contributed by atoms with Crippen LogP contribution in [0.5, 0.6) is 0 Å². The van der Waals surface area contributed by atoms with E-state index < -0.39 is 8.32 Å². The molecule has 4 nitrogen and oxygen atoms in total. The zero-order chi connectivity index (χ0) is 24.5. The van der Waals surface area contributed by atoms with Crippen LogP contribution in [0.2, 0.25) is 18.1 Å². The smallest absolute Gasteiger partial charge is 0.337 e. The number of fused-ring (bicyclic) bond motifs is 1. The minimum atomic E-state index is -1.88. The summed E-state index contributed by atoms with van der Waals surface area (Å²) in [5, 5.41) is 1.38. The Hall–Kier alpha value is -2.37. The SMILES string of the molecule is COC(=O)c1ccc2c(C3CCCCC3)c(-c3ccccc3CO[Si](C)(C)C(C)(C)C)[nH]c2c1. The molecule has 2 aromatic carbocycles. The lowest BCUT2D eigenvalue weighted by atomic mass is 9.81. The van der Waals surface area contributed by atoms with E-state index in [1.807, 2.05) is 12.1 Å². The van der Waals surface area contributed by atoms with E-state index in [4.69, 9.17) is 9.16 Å². The predicted molar refractivity (Wildman–Crippen MR) is 143 cm³/mol. The van der Waals surface area contributed by atoms with Gasteiger partial charge in [-0.05, 0) is 60.2 Å². The van der Waals surface area contributed by atoms with Gasteiger partial charge >= 0.3 is 5.97 Å². The highest BCUT2D eigenvalue weighted by atomic mass is 28.4. The second-order valence-electron chi connectivity index (χ2n) is 11.2. The van der Waals surface area contributed by atoms with E-state index in [-0.39, 0.29) is 11.0 Å². The third-order valence-electron chi connectivity index (χ3n) is 7.95. The van der Waals surface area contributed by atoms with Crippen molar-refractivity contribution in [1.82, 2.24) is 4.98 Å². The maximum atomic E-state index is 12.2. The Morgan fingerprint density at radius 1 is 1.06 bits per heavy atom. The first kappa shape index (κ1) is 24.7. The lowest BCUT2D eigenvalue weighted by molar-refractivity contribution is 0.0601. The molecule has 1 aromatic heterocycles. The molecule has 1 aliphatic rings. The number of ether oxygens (including phenoxy) is 1. The van der Waals surface area contributed by atoms with Crippen molar-refractivity contribution >= 4 is 25.2 Å². The fourth-order valence-corrected chi connectivity index (χ4v) is 5.81. The molecule has 0 bridgehead atoms. The molecule has 34 heavy (non-hydrogen) atoms. The highest BCUT2D eigenvalue weighted by Crippen LogP contribution is 2.44. The molecule has 0 spiro atoms. The zero-order valence-electron chi connectivity index (χ0n) is 21.6. The Morgan fingerprint density at radius 2 is 1.76 bits per heavy atom. The first-order chi connectivity index (χ1) is 16.1. The zero-order valence-corrected chi connectivity index (χ0v) is 22.6. The minimum Gasteiger partial charge on any atom is -0.465 e. The lowest BCUT2D eigenvalue weighted by Crippen LogP contribution is -2.40. The molecule has 4 rings (SSSR count). The van der Waals surface area contributed by atoms with Crippen LogP contribution in [0.4, 0.5) is 0 Å². The Balaban J connectivity index is 1.81. The number of esters is 1. The molecule has 0 saturated heterocycles. The molecule has 0 unspecified atom stereocenters. The highest BCUT2D eigenvalue weighted by Gasteiger charge is 2.37. The van der Waals surface area contributed by atoms with Crippen molar-refractivity contribution < 1.29 is 14.0 Å². The molecule has 1 saturated carbocycles. The summed E-state index contributed by atoms with van der Waals surface area (Å²) in [4.78, 5) is 15.9. The van der Waals surface area contributed by atoms with Crippen LogP contribution in [-0.2, 0) is 15.8 Å². The predicted octanol–water partition coefficient (Wildman–Crippen LogP) is 8.19. The van der Waals surface area contributed by atoms with Gasteiger partial charge in [0.2, 0.25) is 0 Å². The van der Waals surface area contributed by atoms with Gasteiger partial charge in [-0.3, -0.25) is 0 Å². The number of aromatic amines is 1. The molecule has 0 atom stereocenters. The topological polar surface area (TPSA) is 51.3 Å². The second-order valence-corrected chi connectivity index (χ2v) is 16.0. The third-order valence-corrected chi connectivity index (χ3v) is 12.4. The highest BCUT2D eigenvalue weighted by molar-refractivity contribution is 6.74. The number of methoxy groups -OCH3 is 1. The summed E-state index contributed by atoms with van der Waals surface area (Å²) in [7, 11) is -0.446. The first-order valence-corrected chi connectivity index (χ1v) is 15.5. The van der Waals surface area contributed by atoms with E-state index in [9.17, 15) is 4.79 Å². The Labute approximate surface area is 205 Å². The summed E-state index contributed by atoms with van der Waals surface area (Å²) in [5.74, 6) is 0.219. The van der Waals surface area contributed by atoms with Crippen molar-refractivity contribution in [2.75, 3.05) is 7.11 Å². The quantitative estimate of drug-likeness (QED) is 0.287. The van der Waals surface area contributed by atoms with Crippen molar-refractivity contribution in [3.8, 4) is 11.3 Å². The normalized spacial score (nSPS) is 15.6. The number of carbonyl (C=O) groups excluding carboxylic acids is 1. The Bertz CT molecular complexity index is 1170. The van der Waals surface area contributed by atoms with Crippen LogP contribution in [0.25, 0.3) is 22.2 Å². The molecular weight excluding hydrogens is 438 g/mol. The summed E-state index contributed by atoms with van der Waals surface area (Å²) in [5.41, 5.74) is 6.57. The van der Waals surface area contributed by atoms with Gasteiger partial charge in [-0.15, -0.1) is 0 Å². The van der Waals surface area contributed by atoms with Crippen LogP contribution in [0.15, 0.2) is 42.5 Å². The molecule has 1 N–H and O–H groups in total. The van der Waals surface area contributed by atoms with E-state index >= 15 is 0 Å². The largest absolute Gasteiger partial charge is 0.465 e. The van der Waals surface area contributed by atoms with Gasteiger partial charge in [-0.1, -0.05) is 70.4 Å². The number of benzene rings is 2. The number of hydrogen-bond acceptors (Lipinski definition) is 3.